The fourth-order valence-electron chi connectivity index (χ4n) is 3.36. The van der Waals surface area contributed by atoms with Crippen LogP contribution < -0.4 is 5.73 Å². The third-order valence-corrected chi connectivity index (χ3v) is 7.64. The normalized spacial score (nSPS) is 30.6. The zero-order chi connectivity index (χ0) is 14.5. The number of sulfonamides is 1. The highest BCUT2D eigenvalue weighted by atomic mass is 79.9. The van der Waals surface area contributed by atoms with Gasteiger partial charge in [0.05, 0.1) is 4.90 Å². The first kappa shape index (κ1) is 15.0. The minimum atomic E-state index is -3.47. The van der Waals surface area contributed by atoms with E-state index in [1.165, 1.54) is 0 Å². The van der Waals surface area contributed by atoms with Crippen LogP contribution in [-0.2, 0) is 10.0 Å². The number of nitrogens with two attached hydrogens (primary N) is 1. The number of hydrogen-bond donors (Lipinski definition) is 1. The smallest absolute Gasteiger partial charge is 0.244 e. The predicted octanol–water partition coefficient (Wildman–Crippen LogP) is 2.85. The Morgan fingerprint density at radius 3 is 2.35 bits per heavy atom. The van der Waals surface area contributed by atoms with Gasteiger partial charge in [-0.2, -0.15) is 4.31 Å². The molecule has 2 aliphatic heterocycles. The average Bonchev–Trinajstić information content (AvgIpc) is 2.66. The lowest BCUT2D eigenvalue weighted by molar-refractivity contribution is 0.227. The molecule has 2 saturated heterocycles. The van der Waals surface area contributed by atoms with Crippen LogP contribution in [0.4, 0.5) is 0 Å². The molecule has 2 bridgehead atoms. The maximum atomic E-state index is 13.0. The second kappa shape index (κ2) is 5.35. The highest BCUT2D eigenvalue weighted by Gasteiger charge is 2.46. The van der Waals surface area contributed by atoms with Crippen molar-refractivity contribution in [2.24, 2.45) is 5.73 Å². The van der Waals surface area contributed by atoms with Crippen molar-refractivity contribution in [2.45, 2.75) is 48.7 Å². The fraction of sp³-hybridized carbons (Fsp3) is 0.538. The molecule has 2 atom stereocenters. The molecule has 110 valence electrons. The summed E-state index contributed by atoms with van der Waals surface area (Å²) in [5.74, 6) is 0. The molecule has 2 aliphatic rings. The monoisotopic (exact) mass is 422 g/mol. The molecule has 0 aliphatic carbocycles. The molecule has 2 unspecified atom stereocenters. The number of piperidine rings is 1. The Morgan fingerprint density at radius 2 is 1.75 bits per heavy atom. The van der Waals surface area contributed by atoms with Crippen LogP contribution in [0.2, 0.25) is 0 Å². The van der Waals surface area contributed by atoms with E-state index in [1.807, 2.05) is 6.07 Å². The zero-order valence-corrected chi connectivity index (χ0v) is 14.8. The summed E-state index contributed by atoms with van der Waals surface area (Å²) in [4.78, 5) is 0.333. The lowest BCUT2D eigenvalue weighted by Crippen LogP contribution is -2.50. The van der Waals surface area contributed by atoms with Gasteiger partial charge in [-0.25, -0.2) is 8.42 Å². The van der Waals surface area contributed by atoms with Crippen molar-refractivity contribution in [3.63, 3.8) is 0 Å². The van der Waals surface area contributed by atoms with Crippen molar-refractivity contribution < 1.29 is 8.42 Å². The van der Waals surface area contributed by atoms with Crippen LogP contribution in [-0.4, -0.2) is 30.8 Å². The van der Waals surface area contributed by atoms with Crippen molar-refractivity contribution in [1.29, 1.82) is 0 Å². The molecule has 1 aromatic rings. The van der Waals surface area contributed by atoms with E-state index >= 15 is 0 Å². The van der Waals surface area contributed by atoms with E-state index in [-0.39, 0.29) is 18.1 Å². The molecule has 2 N–H and O–H groups in total. The summed E-state index contributed by atoms with van der Waals surface area (Å²) in [5, 5.41) is 0. The Kier molecular flexibility index (Phi) is 4.01. The summed E-state index contributed by atoms with van der Waals surface area (Å²) >= 11 is 6.70. The summed E-state index contributed by atoms with van der Waals surface area (Å²) < 4.78 is 29.0. The number of hydrogen-bond acceptors (Lipinski definition) is 3. The Balaban J connectivity index is 2.03. The van der Waals surface area contributed by atoms with Crippen LogP contribution >= 0.6 is 31.9 Å². The van der Waals surface area contributed by atoms with Crippen LogP contribution in [0.3, 0.4) is 0 Å². The molecule has 2 fully saturated rings. The molecule has 3 rings (SSSR count). The first-order chi connectivity index (χ1) is 9.39. The number of nitrogens with zero attached hydrogens (tertiary/aromatic N) is 1. The summed E-state index contributed by atoms with van der Waals surface area (Å²) in [7, 11) is -3.47. The van der Waals surface area contributed by atoms with Gasteiger partial charge in [0.15, 0.2) is 0 Å². The van der Waals surface area contributed by atoms with Gasteiger partial charge in [0, 0.05) is 27.1 Å². The maximum absolute atomic E-state index is 13.0. The van der Waals surface area contributed by atoms with Gasteiger partial charge in [-0.05, 0) is 59.8 Å². The van der Waals surface area contributed by atoms with Gasteiger partial charge in [0.1, 0.15) is 0 Å². The molecule has 4 nitrogen and oxygen atoms in total. The largest absolute Gasteiger partial charge is 0.328 e. The number of rotatable bonds is 2. The van der Waals surface area contributed by atoms with E-state index in [2.05, 4.69) is 31.9 Å². The van der Waals surface area contributed by atoms with Crippen LogP contribution in [0.1, 0.15) is 25.7 Å². The molecule has 0 aromatic heterocycles. The van der Waals surface area contributed by atoms with Crippen molar-refractivity contribution in [1.82, 2.24) is 4.31 Å². The second-order valence-electron chi connectivity index (χ2n) is 5.53. The van der Waals surface area contributed by atoms with Gasteiger partial charge >= 0.3 is 0 Å². The first-order valence-corrected chi connectivity index (χ1v) is 9.66. The zero-order valence-electron chi connectivity index (χ0n) is 10.8. The highest BCUT2D eigenvalue weighted by Crippen LogP contribution is 2.40. The Morgan fingerprint density at radius 1 is 1.15 bits per heavy atom. The molecule has 2 heterocycles. The Hall–Kier alpha value is 0.0500. The van der Waals surface area contributed by atoms with Gasteiger partial charge < -0.3 is 5.73 Å². The van der Waals surface area contributed by atoms with E-state index in [0.717, 1.165) is 30.2 Å². The first-order valence-electron chi connectivity index (χ1n) is 6.64. The Bertz CT molecular complexity index is 621. The summed E-state index contributed by atoms with van der Waals surface area (Å²) in [6, 6.07) is 5.48. The molecule has 1 aromatic carbocycles. The van der Waals surface area contributed by atoms with Crippen LogP contribution in [0.25, 0.3) is 0 Å². The van der Waals surface area contributed by atoms with Crippen molar-refractivity contribution in [3.8, 4) is 0 Å². The highest BCUT2D eigenvalue weighted by molar-refractivity contribution is 9.11. The Labute approximate surface area is 136 Å². The van der Waals surface area contributed by atoms with Crippen molar-refractivity contribution >= 4 is 41.9 Å². The summed E-state index contributed by atoms with van der Waals surface area (Å²) in [6.45, 7) is 0. The van der Waals surface area contributed by atoms with Crippen molar-refractivity contribution in [3.05, 3.63) is 27.1 Å². The molecule has 7 heteroatoms. The van der Waals surface area contributed by atoms with Gasteiger partial charge in [-0.15, -0.1) is 0 Å². The molecule has 20 heavy (non-hydrogen) atoms. The molecule has 0 radical (unpaired) electrons. The number of halogens is 2. The van der Waals surface area contributed by atoms with E-state index in [4.69, 9.17) is 5.73 Å². The lowest BCUT2D eigenvalue weighted by atomic mass is 10.0. The SMILES string of the molecule is NC1CC2CCC(C1)N2S(=O)(=O)c1cc(Br)ccc1Br. The summed E-state index contributed by atoms with van der Waals surface area (Å²) in [6.07, 6.45) is 3.37. The van der Waals surface area contributed by atoms with Gasteiger partial charge in [-0.3, -0.25) is 0 Å². The lowest BCUT2D eigenvalue weighted by Gasteiger charge is -2.36. The third-order valence-electron chi connectivity index (χ3n) is 4.15. The molecule has 0 saturated carbocycles. The quantitative estimate of drug-likeness (QED) is 0.795. The van der Waals surface area contributed by atoms with Crippen LogP contribution in [0.15, 0.2) is 32.0 Å². The van der Waals surface area contributed by atoms with E-state index in [1.54, 1.807) is 16.4 Å². The standard InChI is InChI=1S/C13H16Br2N2O2S/c14-8-1-4-12(15)13(5-8)20(18,19)17-10-2-3-11(17)7-9(16)6-10/h1,4-5,9-11H,2-3,6-7,16H2. The van der Waals surface area contributed by atoms with Crippen molar-refractivity contribution in [2.75, 3.05) is 0 Å². The van der Waals surface area contributed by atoms with Gasteiger partial charge in [0.25, 0.3) is 0 Å². The number of benzene rings is 1. The molecule has 0 amide bonds. The number of fused-ring (bicyclic) bond motifs is 2. The van der Waals surface area contributed by atoms with Gasteiger partial charge in [0.2, 0.25) is 10.0 Å². The third kappa shape index (κ3) is 2.47. The van der Waals surface area contributed by atoms with E-state index in [0.29, 0.717) is 9.37 Å². The topological polar surface area (TPSA) is 63.4 Å². The minimum Gasteiger partial charge on any atom is -0.328 e. The van der Waals surface area contributed by atoms with E-state index < -0.39 is 10.0 Å². The van der Waals surface area contributed by atoms with Gasteiger partial charge in [-0.1, -0.05) is 15.9 Å². The van der Waals surface area contributed by atoms with E-state index in [9.17, 15) is 8.42 Å². The molecular formula is C13H16Br2N2O2S. The van der Waals surface area contributed by atoms with Crippen LogP contribution in [0.5, 0.6) is 0 Å². The predicted molar refractivity (Wildman–Crippen MR) is 84.9 cm³/mol. The second-order valence-corrected chi connectivity index (χ2v) is 9.11. The maximum Gasteiger partial charge on any atom is 0.244 e. The average molecular weight is 424 g/mol. The molecular weight excluding hydrogens is 408 g/mol. The molecule has 0 spiro atoms. The minimum absolute atomic E-state index is 0.0552. The summed E-state index contributed by atoms with van der Waals surface area (Å²) in [5.41, 5.74) is 6.02. The van der Waals surface area contributed by atoms with Crippen LogP contribution in [0, 0.1) is 0 Å². The fourth-order valence-corrected chi connectivity index (χ4v) is 6.72.